The molecule has 0 aliphatic heterocycles. The lowest BCUT2D eigenvalue weighted by molar-refractivity contribution is -0.200. The van der Waals surface area contributed by atoms with Crippen LogP contribution in [-0.2, 0) is 10.0 Å². The molecule has 1 rings (SSSR count). The fourth-order valence-electron chi connectivity index (χ4n) is 1.14. The van der Waals surface area contributed by atoms with Crippen LogP contribution in [0.3, 0.4) is 0 Å². The van der Waals surface area contributed by atoms with Crippen LogP contribution in [-0.4, -0.2) is 39.5 Å². The Morgan fingerprint density at radius 3 is 2.26 bits per heavy atom. The number of benzene rings is 1. The van der Waals surface area contributed by atoms with E-state index in [9.17, 15) is 21.6 Å². The van der Waals surface area contributed by atoms with Gasteiger partial charge in [-0.1, -0.05) is 0 Å². The lowest BCUT2D eigenvalue weighted by Crippen LogP contribution is -2.40. The Kier molecular flexibility index (Phi) is 4.77. The highest BCUT2D eigenvalue weighted by atomic mass is 32.2. The quantitative estimate of drug-likeness (QED) is 0.847. The van der Waals surface area contributed by atoms with Crippen LogP contribution in [0.1, 0.15) is 0 Å². The van der Waals surface area contributed by atoms with Gasteiger partial charge in [-0.15, -0.1) is 0 Å². The highest BCUT2D eigenvalue weighted by Gasteiger charge is 2.38. The van der Waals surface area contributed by atoms with Gasteiger partial charge in [0, 0.05) is 6.54 Å². The molecular weight excluding hydrogens is 287 g/mol. The van der Waals surface area contributed by atoms with Crippen molar-refractivity contribution in [3.05, 3.63) is 24.3 Å². The van der Waals surface area contributed by atoms with Crippen molar-refractivity contribution in [2.45, 2.75) is 17.2 Å². The molecule has 0 radical (unpaired) electrons. The van der Waals surface area contributed by atoms with Crippen LogP contribution in [0, 0.1) is 0 Å². The van der Waals surface area contributed by atoms with Crippen molar-refractivity contribution in [1.29, 1.82) is 0 Å². The molecule has 19 heavy (non-hydrogen) atoms. The molecule has 0 spiro atoms. The first-order valence-corrected chi connectivity index (χ1v) is 6.53. The van der Waals surface area contributed by atoms with Gasteiger partial charge in [-0.2, -0.15) is 13.2 Å². The van der Waals surface area contributed by atoms with Gasteiger partial charge in [0.2, 0.25) is 10.0 Å². The number of methoxy groups -OCH3 is 1. The molecule has 0 fully saturated rings. The van der Waals surface area contributed by atoms with Gasteiger partial charge < -0.3 is 9.84 Å². The lowest BCUT2D eigenvalue weighted by Gasteiger charge is -2.15. The van der Waals surface area contributed by atoms with Crippen LogP contribution in [0.4, 0.5) is 13.2 Å². The molecule has 0 amide bonds. The van der Waals surface area contributed by atoms with Crippen molar-refractivity contribution in [2.75, 3.05) is 13.7 Å². The predicted octanol–water partition coefficient (Wildman–Crippen LogP) is 0.897. The summed E-state index contributed by atoms with van der Waals surface area (Å²) in [5, 5.41) is 8.71. The number of alkyl halides is 3. The van der Waals surface area contributed by atoms with Gasteiger partial charge in [0.05, 0.1) is 12.0 Å². The minimum Gasteiger partial charge on any atom is -0.497 e. The number of hydrogen-bond acceptors (Lipinski definition) is 4. The van der Waals surface area contributed by atoms with Gasteiger partial charge in [-0.05, 0) is 24.3 Å². The van der Waals surface area contributed by atoms with Gasteiger partial charge in [0.1, 0.15) is 5.75 Å². The van der Waals surface area contributed by atoms with E-state index in [1.807, 2.05) is 0 Å². The van der Waals surface area contributed by atoms with Crippen molar-refractivity contribution in [2.24, 2.45) is 0 Å². The van der Waals surface area contributed by atoms with E-state index in [-0.39, 0.29) is 4.90 Å². The van der Waals surface area contributed by atoms with Crippen LogP contribution in [0.25, 0.3) is 0 Å². The fourth-order valence-corrected chi connectivity index (χ4v) is 2.18. The Bertz CT molecular complexity index is 513. The second-order valence-corrected chi connectivity index (χ2v) is 5.35. The van der Waals surface area contributed by atoms with E-state index in [4.69, 9.17) is 9.84 Å². The standard InChI is InChI=1S/C10H12F3NO4S/c1-18-7-2-4-8(5-3-7)19(16,17)14-6-9(15)10(11,12)13/h2-5,9,14-15H,6H2,1H3. The number of rotatable bonds is 5. The monoisotopic (exact) mass is 299 g/mol. The minimum atomic E-state index is -4.87. The minimum absolute atomic E-state index is 0.220. The van der Waals surface area contributed by atoms with E-state index in [0.717, 1.165) is 0 Å². The molecule has 108 valence electrons. The van der Waals surface area contributed by atoms with E-state index in [1.54, 1.807) is 4.72 Å². The molecule has 1 aromatic rings. The maximum Gasteiger partial charge on any atom is 0.415 e. The predicted molar refractivity (Wildman–Crippen MR) is 60.2 cm³/mol. The van der Waals surface area contributed by atoms with Crippen LogP contribution < -0.4 is 9.46 Å². The Morgan fingerprint density at radius 2 is 1.84 bits per heavy atom. The summed E-state index contributed by atoms with van der Waals surface area (Å²) < 4.78 is 65.8. The summed E-state index contributed by atoms with van der Waals surface area (Å²) in [7, 11) is -2.72. The molecule has 0 aliphatic carbocycles. The van der Waals surface area contributed by atoms with Crippen molar-refractivity contribution in [3.63, 3.8) is 0 Å². The largest absolute Gasteiger partial charge is 0.497 e. The second kappa shape index (κ2) is 5.76. The smallest absolute Gasteiger partial charge is 0.415 e. The molecule has 0 saturated heterocycles. The Labute approximate surface area is 108 Å². The number of aliphatic hydroxyl groups is 1. The van der Waals surface area contributed by atoms with Gasteiger partial charge in [0.25, 0.3) is 0 Å². The molecule has 0 aliphatic rings. The highest BCUT2D eigenvalue weighted by Crippen LogP contribution is 2.20. The third kappa shape index (κ3) is 4.37. The van der Waals surface area contributed by atoms with Crippen molar-refractivity contribution in [3.8, 4) is 5.75 Å². The maximum atomic E-state index is 12.0. The average molecular weight is 299 g/mol. The van der Waals surface area contributed by atoms with Gasteiger partial charge >= 0.3 is 6.18 Å². The molecule has 5 nitrogen and oxygen atoms in total. The number of sulfonamides is 1. The Hall–Kier alpha value is -1.32. The summed E-state index contributed by atoms with van der Waals surface area (Å²) in [4.78, 5) is -0.220. The average Bonchev–Trinajstić information content (AvgIpc) is 2.35. The molecule has 0 saturated carbocycles. The number of aliphatic hydroxyl groups excluding tert-OH is 1. The highest BCUT2D eigenvalue weighted by molar-refractivity contribution is 7.89. The second-order valence-electron chi connectivity index (χ2n) is 3.58. The third-order valence-electron chi connectivity index (χ3n) is 2.21. The van der Waals surface area contributed by atoms with E-state index in [0.29, 0.717) is 5.75 Å². The van der Waals surface area contributed by atoms with Gasteiger partial charge in [0.15, 0.2) is 6.10 Å². The Balaban J connectivity index is 2.76. The SMILES string of the molecule is COc1ccc(S(=O)(=O)NCC(O)C(F)(F)F)cc1. The molecule has 9 heteroatoms. The molecule has 1 aromatic carbocycles. The van der Waals surface area contributed by atoms with E-state index >= 15 is 0 Å². The van der Waals surface area contributed by atoms with Crippen molar-refractivity contribution >= 4 is 10.0 Å². The lowest BCUT2D eigenvalue weighted by atomic mass is 10.3. The molecule has 0 aromatic heterocycles. The molecule has 1 atom stereocenters. The van der Waals surface area contributed by atoms with Crippen LogP contribution in [0.5, 0.6) is 5.75 Å². The fraction of sp³-hybridized carbons (Fsp3) is 0.400. The van der Waals surface area contributed by atoms with Crippen LogP contribution >= 0.6 is 0 Å². The number of nitrogens with one attached hydrogen (secondary N) is 1. The summed E-state index contributed by atoms with van der Waals surface area (Å²) in [5.41, 5.74) is 0. The Morgan fingerprint density at radius 1 is 1.32 bits per heavy atom. The molecule has 1 unspecified atom stereocenters. The normalized spacial score (nSPS) is 14.2. The first-order valence-electron chi connectivity index (χ1n) is 5.05. The van der Waals surface area contributed by atoms with E-state index in [2.05, 4.69) is 0 Å². The van der Waals surface area contributed by atoms with Gasteiger partial charge in [-0.25, -0.2) is 13.1 Å². The van der Waals surface area contributed by atoms with Gasteiger partial charge in [-0.3, -0.25) is 0 Å². The topological polar surface area (TPSA) is 75.6 Å². The zero-order valence-corrected chi connectivity index (χ0v) is 10.6. The van der Waals surface area contributed by atoms with E-state index in [1.165, 1.54) is 31.4 Å². The summed E-state index contributed by atoms with van der Waals surface area (Å²) in [6.07, 6.45) is -7.62. The molecule has 0 heterocycles. The van der Waals surface area contributed by atoms with E-state index < -0.39 is 28.8 Å². The van der Waals surface area contributed by atoms with Crippen molar-refractivity contribution in [1.82, 2.24) is 4.72 Å². The molecular formula is C10H12F3NO4S. The molecule has 0 bridgehead atoms. The number of ether oxygens (including phenoxy) is 1. The van der Waals surface area contributed by atoms with Crippen LogP contribution in [0.15, 0.2) is 29.2 Å². The first kappa shape index (κ1) is 15.7. The summed E-state index contributed by atoms with van der Waals surface area (Å²) in [6.45, 7) is -1.14. The maximum absolute atomic E-state index is 12.0. The molecule has 2 N–H and O–H groups in total. The number of halogens is 3. The summed E-state index contributed by atoms with van der Waals surface area (Å²) >= 11 is 0. The summed E-state index contributed by atoms with van der Waals surface area (Å²) in [5.74, 6) is 0.411. The number of hydrogen-bond donors (Lipinski definition) is 2. The van der Waals surface area contributed by atoms with Crippen LogP contribution in [0.2, 0.25) is 0 Å². The van der Waals surface area contributed by atoms with Crippen molar-refractivity contribution < 1.29 is 31.4 Å². The zero-order valence-electron chi connectivity index (χ0n) is 9.81. The zero-order chi connectivity index (χ0) is 14.7. The third-order valence-corrected chi connectivity index (χ3v) is 3.65. The summed E-state index contributed by atoms with van der Waals surface area (Å²) in [6, 6.07) is 5.08. The first-order chi connectivity index (χ1) is 8.66.